The fraction of sp³-hybridized carbons (Fsp3) is 0.875. The van der Waals surface area contributed by atoms with E-state index >= 15 is 0 Å². The van der Waals surface area contributed by atoms with Crippen LogP contribution in [0.25, 0.3) is 0 Å². The Labute approximate surface area is 135 Å². The highest BCUT2D eigenvalue weighted by atomic mass is 79.9. The summed E-state index contributed by atoms with van der Waals surface area (Å²) in [5.41, 5.74) is -0.589. The number of ether oxygens (including phenoxy) is 1. The van der Waals surface area contributed by atoms with Crippen molar-refractivity contribution in [3.05, 3.63) is 0 Å². The van der Waals surface area contributed by atoms with Crippen molar-refractivity contribution < 1.29 is 23.6 Å². The van der Waals surface area contributed by atoms with Crippen LogP contribution < -0.4 is 0 Å². The molecule has 0 aliphatic heterocycles. The van der Waals surface area contributed by atoms with Crippen LogP contribution in [0.4, 0.5) is 4.79 Å². The molecule has 0 aromatic heterocycles. The first-order valence-electron chi connectivity index (χ1n) is 5.25. The molecule has 0 radical (unpaired) electrons. The van der Waals surface area contributed by atoms with Crippen molar-refractivity contribution in [1.82, 2.24) is 4.09 Å². The van der Waals surface area contributed by atoms with Crippen LogP contribution in [0.3, 0.4) is 0 Å². The van der Waals surface area contributed by atoms with Gasteiger partial charge in [-0.2, -0.15) is 4.62 Å². The quantitative estimate of drug-likeness (QED) is 0.298. The normalized spacial score (nSPS) is 15.2. The van der Waals surface area contributed by atoms with E-state index in [-0.39, 0.29) is 0 Å². The molecule has 0 bridgehead atoms. The van der Waals surface area contributed by atoms with Gasteiger partial charge in [0.1, 0.15) is 6.61 Å². The molecule has 0 aliphatic carbocycles. The summed E-state index contributed by atoms with van der Waals surface area (Å²) in [5.74, 6) is 0. The molecule has 0 aromatic rings. The van der Waals surface area contributed by atoms with Crippen molar-refractivity contribution in [3.8, 4) is 0 Å². The molecule has 0 spiro atoms. The van der Waals surface area contributed by atoms with E-state index in [1.165, 1.54) is 0 Å². The van der Waals surface area contributed by atoms with Gasteiger partial charge in [-0.3, -0.25) is 4.57 Å². The van der Waals surface area contributed by atoms with E-state index in [1.807, 2.05) is 0 Å². The molecule has 0 heterocycles. The predicted octanol–water partition coefficient (Wildman–Crippen LogP) is 4.41. The number of rotatable bonds is 6. The molecule has 0 saturated heterocycles. The molecule has 0 rings (SSSR count). The maximum absolute atomic E-state index is 11.9. The van der Waals surface area contributed by atoms with E-state index in [9.17, 15) is 14.3 Å². The molecule has 0 aliphatic rings. The van der Waals surface area contributed by atoms with E-state index in [0.717, 1.165) is 0 Å². The fourth-order valence-electron chi connectivity index (χ4n) is 1.15. The number of carbonyl (C=O) groups is 1. The summed E-state index contributed by atoms with van der Waals surface area (Å²) in [6.45, 7) is 2.95. The standard InChI is InChI=1S/C8H14BrCl3NO5P/c1-3-6(4-2)19(15,16)18-13(9)7(14)17-5-8(10,11)12/h6H,3-5H2,1-2H3,(H,15,16). The van der Waals surface area contributed by atoms with Gasteiger partial charge < -0.3 is 9.63 Å². The van der Waals surface area contributed by atoms with Crippen LogP contribution in [0.1, 0.15) is 26.7 Å². The molecule has 1 unspecified atom stereocenters. The summed E-state index contributed by atoms with van der Waals surface area (Å²) < 4.78 is 19.6. The third kappa shape index (κ3) is 7.95. The third-order valence-corrected chi connectivity index (χ3v) is 5.13. The van der Waals surface area contributed by atoms with Crippen LogP contribution in [0.5, 0.6) is 0 Å². The van der Waals surface area contributed by atoms with Gasteiger partial charge in [0.05, 0.1) is 21.8 Å². The van der Waals surface area contributed by atoms with E-state index in [4.69, 9.17) is 34.8 Å². The van der Waals surface area contributed by atoms with Gasteiger partial charge in [-0.15, -0.1) is 4.09 Å². The van der Waals surface area contributed by atoms with Gasteiger partial charge in [-0.05, 0) is 12.8 Å². The van der Waals surface area contributed by atoms with Gasteiger partial charge in [-0.1, -0.05) is 48.7 Å². The van der Waals surface area contributed by atoms with Crippen LogP contribution in [0.2, 0.25) is 0 Å². The number of halogens is 4. The summed E-state index contributed by atoms with van der Waals surface area (Å²) in [4.78, 5) is 21.1. The Bertz CT molecular complexity index is 350. The summed E-state index contributed by atoms with van der Waals surface area (Å²) in [6, 6.07) is 0. The molecule has 0 fully saturated rings. The summed E-state index contributed by atoms with van der Waals surface area (Å²) in [5, 5.41) is 0. The lowest BCUT2D eigenvalue weighted by molar-refractivity contribution is 0.0241. The minimum atomic E-state index is -4.00. The maximum Gasteiger partial charge on any atom is 0.445 e. The lowest BCUT2D eigenvalue weighted by Gasteiger charge is -2.23. The fourth-order valence-corrected chi connectivity index (χ4v) is 3.30. The minimum absolute atomic E-state index is 0.336. The first-order chi connectivity index (χ1) is 8.53. The van der Waals surface area contributed by atoms with Crippen molar-refractivity contribution in [2.75, 3.05) is 6.61 Å². The van der Waals surface area contributed by atoms with E-state index in [0.29, 0.717) is 16.9 Å². The second-order valence-electron chi connectivity index (χ2n) is 3.53. The van der Waals surface area contributed by atoms with Gasteiger partial charge >= 0.3 is 13.7 Å². The van der Waals surface area contributed by atoms with Crippen molar-refractivity contribution in [2.45, 2.75) is 36.1 Å². The highest BCUT2D eigenvalue weighted by Crippen LogP contribution is 2.51. The number of nitrogens with zero attached hydrogens (tertiary/aromatic N) is 1. The van der Waals surface area contributed by atoms with Gasteiger partial charge in [0.25, 0.3) is 0 Å². The summed E-state index contributed by atoms with van der Waals surface area (Å²) in [6.07, 6.45) is -0.255. The Kier molecular flexibility index (Phi) is 8.61. The second kappa shape index (κ2) is 8.27. The Morgan fingerprint density at radius 2 is 1.89 bits per heavy atom. The van der Waals surface area contributed by atoms with Gasteiger partial charge in [0.15, 0.2) is 0 Å². The van der Waals surface area contributed by atoms with Crippen LogP contribution in [0, 0.1) is 0 Å². The Morgan fingerprint density at radius 1 is 1.42 bits per heavy atom. The summed E-state index contributed by atoms with van der Waals surface area (Å²) in [7, 11) is -4.00. The highest BCUT2D eigenvalue weighted by molar-refractivity contribution is 9.07. The van der Waals surface area contributed by atoms with Crippen LogP contribution in [-0.4, -0.2) is 31.1 Å². The SMILES string of the molecule is CCC(CC)P(=O)(O)ON(Br)C(=O)OCC(Cl)(Cl)Cl. The maximum atomic E-state index is 11.9. The molecular weight excluding hydrogens is 407 g/mol. The number of hydrogen-bond acceptors (Lipinski definition) is 4. The van der Waals surface area contributed by atoms with Gasteiger partial charge in [0, 0.05) is 0 Å². The van der Waals surface area contributed by atoms with Crippen LogP contribution >= 0.6 is 58.5 Å². The third-order valence-electron chi connectivity index (χ3n) is 2.10. The second-order valence-corrected chi connectivity index (χ2v) is 8.71. The van der Waals surface area contributed by atoms with Gasteiger partial charge in [0.2, 0.25) is 3.79 Å². The number of carbonyl (C=O) groups excluding carboxylic acids is 1. The Morgan fingerprint density at radius 3 is 2.26 bits per heavy atom. The molecule has 0 saturated carbocycles. The lowest BCUT2D eigenvalue weighted by atomic mass is 10.3. The molecule has 114 valence electrons. The first kappa shape index (κ1) is 19.8. The van der Waals surface area contributed by atoms with Crippen LogP contribution in [0.15, 0.2) is 0 Å². The number of hydroxylamine groups is 1. The monoisotopic (exact) mass is 419 g/mol. The smallest absolute Gasteiger partial charge is 0.443 e. The average Bonchev–Trinajstić information content (AvgIpc) is 2.25. The van der Waals surface area contributed by atoms with E-state index < -0.39 is 29.7 Å². The zero-order chi connectivity index (χ0) is 15.3. The largest absolute Gasteiger partial charge is 0.445 e. The predicted molar refractivity (Wildman–Crippen MR) is 77.7 cm³/mol. The Hall–Kier alpha value is 0.770. The molecule has 19 heavy (non-hydrogen) atoms. The van der Waals surface area contributed by atoms with Gasteiger partial charge in [-0.25, -0.2) is 4.79 Å². The number of alkyl halides is 3. The van der Waals surface area contributed by atoms with Crippen molar-refractivity contribution in [2.24, 2.45) is 0 Å². The number of amides is 1. The zero-order valence-electron chi connectivity index (χ0n) is 10.2. The first-order valence-corrected chi connectivity index (χ1v) is 8.74. The average molecular weight is 421 g/mol. The van der Waals surface area contributed by atoms with Crippen molar-refractivity contribution in [1.29, 1.82) is 0 Å². The van der Waals surface area contributed by atoms with E-state index in [1.54, 1.807) is 13.8 Å². The van der Waals surface area contributed by atoms with Crippen molar-refractivity contribution in [3.63, 3.8) is 0 Å². The number of hydrogen-bond donors (Lipinski definition) is 1. The zero-order valence-corrected chi connectivity index (χ0v) is 14.9. The molecule has 6 nitrogen and oxygen atoms in total. The molecule has 0 aromatic carbocycles. The van der Waals surface area contributed by atoms with Crippen LogP contribution in [-0.2, 0) is 13.9 Å². The minimum Gasteiger partial charge on any atom is -0.443 e. The van der Waals surface area contributed by atoms with Crippen molar-refractivity contribution >= 4 is 64.6 Å². The summed E-state index contributed by atoms with van der Waals surface area (Å²) >= 11 is 18.8. The molecular formula is C8H14BrCl3NO5P. The highest BCUT2D eigenvalue weighted by Gasteiger charge is 2.35. The topological polar surface area (TPSA) is 76.1 Å². The molecule has 11 heteroatoms. The molecule has 1 amide bonds. The lowest BCUT2D eigenvalue weighted by Crippen LogP contribution is -2.27. The molecule has 1 N–H and O–H groups in total. The Balaban J connectivity index is 4.47. The molecule has 1 atom stereocenters. The van der Waals surface area contributed by atoms with E-state index in [2.05, 4.69) is 25.5 Å².